The summed E-state index contributed by atoms with van der Waals surface area (Å²) in [5.74, 6) is 0.781. The number of ether oxygens (including phenoxy) is 1. The summed E-state index contributed by atoms with van der Waals surface area (Å²) in [6.07, 6.45) is 1.82. The SMILES string of the molecule is CCNC(COc1cccc(Cl)c1)c1ccnn1CC. The van der Waals surface area contributed by atoms with Crippen LogP contribution in [-0.4, -0.2) is 22.9 Å². The lowest BCUT2D eigenvalue weighted by atomic mass is 10.2. The number of hydrogen-bond acceptors (Lipinski definition) is 3. The molecule has 2 aromatic rings. The Morgan fingerprint density at radius 1 is 1.35 bits per heavy atom. The third kappa shape index (κ3) is 3.74. The summed E-state index contributed by atoms with van der Waals surface area (Å²) < 4.78 is 7.82. The lowest BCUT2D eigenvalue weighted by Crippen LogP contribution is -2.28. The van der Waals surface area contributed by atoms with Crippen LogP contribution in [0.15, 0.2) is 36.5 Å². The van der Waals surface area contributed by atoms with E-state index in [0.29, 0.717) is 11.6 Å². The van der Waals surface area contributed by atoms with Crippen molar-refractivity contribution in [3.63, 3.8) is 0 Å². The Bertz CT molecular complexity index is 541. The molecule has 1 aromatic heterocycles. The van der Waals surface area contributed by atoms with Crippen LogP contribution in [0.3, 0.4) is 0 Å². The summed E-state index contributed by atoms with van der Waals surface area (Å²) in [5.41, 5.74) is 1.14. The summed E-state index contributed by atoms with van der Waals surface area (Å²) in [6, 6.07) is 9.59. The average molecular weight is 294 g/mol. The zero-order valence-corrected chi connectivity index (χ0v) is 12.6. The number of aromatic nitrogens is 2. The zero-order chi connectivity index (χ0) is 14.4. The first-order valence-electron chi connectivity index (χ1n) is 6.88. The Morgan fingerprint density at radius 2 is 2.20 bits per heavy atom. The van der Waals surface area contributed by atoms with Gasteiger partial charge in [0.2, 0.25) is 0 Å². The highest BCUT2D eigenvalue weighted by atomic mass is 35.5. The summed E-state index contributed by atoms with van der Waals surface area (Å²) in [5, 5.41) is 8.41. The van der Waals surface area contributed by atoms with Gasteiger partial charge in [-0.25, -0.2) is 0 Å². The van der Waals surface area contributed by atoms with E-state index in [1.807, 2.05) is 41.2 Å². The third-order valence-corrected chi connectivity index (χ3v) is 3.30. The van der Waals surface area contributed by atoms with Gasteiger partial charge in [-0.05, 0) is 37.7 Å². The Morgan fingerprint density at radius 3 is 2.90 bits per heavy atom. The molecule has 0 aliphatic heterocycles. The second kappa shape index (κ2) is 7.31. The number of nitrogens with one attached hydrogen (secondary N) is 1. The topological polar surface area (TPSA) is 39.1 Å². The molecule has 0 fully saturated rings. The molecule has 0 aliphatic carbocycles. The number of halogens is 1. The molecule has 1 unspecified atom stereocenters. The standard InChI is InChI=1S/C15H20ClN3O/c1-3-17-14(15-8-9-18-19(15)4-2)11-20-13-7-5-6-12(16)10-13/h5-10,14,17H,3-4,11H2,1-2H3. The first-order valence-corrected chi connectivity index (χ1v) is 7.25. The van der Waals surface area contributed by atoms with Crippen molar-refractivity contribution in [1.29, 1.82) is 0 Å². The molecule has 1 heterocycles. The highest BCUT2D eigenvalue weighted by Crippen LogP contribution is 2.20. The quantitative estimate of drug-likeness (QED) is 0.851. The number of nitrogens with zero attached hydrogens (tertiary/aromatic N) is 2. The van der Waals surface area contributed by atoms with Gasteiger partial charge in [-0.15, -0.1) is 0 Å². The Hall–Kier alpha value is -1.52. The number of rotatable bonds is 7. The highest BCUT2D eigenvalue weighted by Gasteiger charge is 2.15. The molecular weight excluding hydrogens is 274 g/mol. The molecule has 2 rings (SSSR count). The molecule has 0 saturated heterocycles. The molecule has 1 aromatic carbocycles. The van der Waals surface area contributed by atoms with Gasteiger partial charge in [0.15, 0.2) is 0 Å². The first kappa shape index (κ1) is 14.9. The van der Waals surface area contributed by atoms with Crippen molar-refractivity contribution < 1.29 is 4.74 Å². The van der Waals surface area contributed by atoms with E-state index in [9.17, 15) is 0 Å². The van der Waals surface area contributed by atoms with Crippen LogP contribution in [0.5, 0.6) is 5.75 Å². The summed E-state index contributed by atoms with van der Waals surface area (Å²) in [4.78, 5) is 0. The predicted octanol–water partition coefficient (Wildman–Crippen LogP) is 3.29. The van der Waals surface area contributed by atoms with E-state index < -0.39 is 0 Å². The predicted molar refractivity (Wildman–Crippen MR) is 81.3 cm³/mol. The van der Waals surface area contributed by atoms with Gasteiger partial charge >= 0.3 is 0 Å². The van der Waals surface area contributed by atoms with Crippen molar-refractivity contribution in [2.75, 3.05) is 13.2 Å². The Labute approximate surface area is 124 Å². The Kier molecular flexibility index (Phi) is 5.44. The molecule has 4 nitrogen and oxygen atoms in total. The second-order valence-electron chi connectivity index (χ2n) is 4.45. The van der Waals surface area contributed by atoms with Crippen LogP contribution >= 0.6 is 11.6 Å². The number of benzene rings is 1. The second-order valence-corrected chi connectivity index (χ2v) is 4.89. The van der Waals surface area contributed by atoms with Gasteiger partial charge in [0, 0.05) is 17.8 Å². The number of likely N-dealkylation sites (N-methyl/N-ethyl adjacent to an activating group) is 1. The van der Waals surface area contributed by atoms with Crippen LogP contribution < -0.4 is 10.1 Å². The maximum absolute atomic E-state index is 5.96. The fourth-order valence-electron chi connectivity index (χ4n) is 2.13. The van der Waals surface area contributed by atoms with Crippen molar-refractivity contribution in [3.8, 4) is 5.75 Å². The maximum Gasteiger partial charge on any atom is 0.120 e. The molecule has 0 aliphatic rings. The van der Waals surface area contributed by atoms with Gasteiger partial charge in [-0.3, -0.25) is 4.68 Å². The molecule has 0 amide bonds. The molecule has 20 heavy (non-hydrogen) atoms. The molecule has 1 atom stereocenters. The smallest absolute Gasteiger partial charge is 0.120 e. The van der Waals surface area contributed by atoms with Crippen molar-refractivity contribution in [2.45, 2.75) is 26.4 Å². The highest BCUT2D eigenvalue weighted by molar-refractivity contribution is 6.30. The van der Waals surface area contributed by atoms with Crippen molar-refractivity contribution in [2.24, 2.45) is 0 Å². The van der Waals surface area contributed by atoms with Crippen LogP contribution in [-0.2, 0) is 6.54 Å². The van der Waals surface area contributed by atoms with Gasteiger partial charge in [-0.1, -0.05) is 24.6 Å². The molecule has 0 saturated carbocycles. The normalized spacial score (nSPS) is 12.3. The lowest BCUT2D eigenvalue weighted by molar-refractivity contribution is 0.261. The average Bonchev–Trinajstić information content (AvgIpc) is 2.92. The summed E-state index contributed by atoms with van der Waals surface area (Å²) >= 11 is 5.96. The lowest BCUT2D eigenvalue weighted by Gasteiger charge is -2.19. The number of aryl methyl sites for hydroxylation is 1. The van der Waals surface area contributed by atoms with E-state index in [2.05, 4.69) is 24.3 Å². The van der Waals surface area contributed by atoms with E-state index >= 15 is 0 Å². The van der Waals surface area contributed by atoms with Crippen LogP contribution in [0.1, 0.15) is 25.6 Å². The minimum absolute atomic E-state index is 0.112. The molecular formula is C15H20ClN3O. The van der Waals surface area contributed by atoms with Crippen molar-refractivity contribution in [3.05, 3.63) is 47.2 Å². The van der Waals surface area contributed by atoms with Gasteiger partial charge in [-0.2, -0.15) is 5.10 Å². The Balaban J connectivity index is 2.06. The van der Waals surface area contributed by atoms with E-state index in [0.717, 1.165) is 24.5 Å². The molecule has 0 spiro atoms. The zero-order valence-electron chi connectivity index (χ0n) is 11.8. The fraction of sp³-hybridized carbons (Fsp3) is 0.400. The van der Waals surface area contributed by atoms with Gasteiger partial charge in [0.05, 0.1) is 11.7 Å². The summed E-state index contributed by atoms with van der Waals surface area (Å²) in [7, 11) is 0. The van der Waals surface area contributed by atoms with Crippen molar-refractivity contribution >= 4 is 11.6 Å². The fourth-order valence-corrected chi connectivity index (χ4v) is 2.32. The molecule has 5 heteroatoms. The minimum atomic E-state index is 0.112. The minimum Gasteiger partial charge on any atom is -0.491 e. The van der Waals surface area contributed by atoms with Crippen LogP contribution in [0.2, 0.25) is 5.02 Å². The monoisotopic (exact) mass is 293 g/mol. The van der Waals surface area contributed by atoms with Gasteiger partial charge in [0.25, 0.3) is 0 Å². The molecule has 0 radical (unpaired) electrons. The van der Waals surface area contributed by atoms with Crippen molar-refractivity contribution in [1.82, 2.24) is 15.1 Å². The van der Waals surface area contributed by atoms with Gasteiger partial charge < -0.3 is 10.1 Å². The van der Waals surface area contributed by atoms with E-state index in [4.69, 9.17) is 16.3 Å². The third-order valence-electron chi connectivity index (χ3n) is 3.07. The maximum atomic E-state index is 5.96. The van der Waals surface area contributed by atoms with E-state index in [1.165, 1.54) is 0 Å². The number of hydrogen-bond donors (Lipinski definition) is 1. The largest absolute Gasteiger partial charge is 0.491 e. The van der Waals surface area contributed by atoms with E-state index in [1.54, 1.807) is 0 Å². The van der Waals surface area contributed by atoms with Gasteiger partial charge in [0.1, 0.15) is 12.4 Å². The van der Waals surface area contributed by atoms with E-state index in [-0.39, 0.29) is 6.04 Å². The van der Waals surface area contributed by atoms with Crippen LogP contribution in [0.25, 0.3) is 0 Å². The molecule has 1 N–H and O–H groups in total. The molecule has 108 valence electrons. The summed E-state index contributed by atoms with van der Waals surface area (Å²) in [6.45, 7) is 6.43. The first-order chi connectivity index (χ1) is 9.74. The molecule has 0 bridgehead atoms. The van der Waals surface area contributed by atoms with Crippen LogP contribution in [0.4, 0.5) is 0 Å². The van der Waals surface area contributed by atoms with Crippen LogP contribution in [0, 0.1) is 0 Å².